The molecule has 0 saturated heterocycles. The molecule has 0 spiro atoms. The number of fused-ring (bicyclic) bond motifs is 2. The molecule has 4 nitrogen and oxygen atoms in total. The minimum Gasteiger partial charge on any atom is -0.471 e. The molecule has 3 aliphatic rings. The van der Waals surface area contributed by atoms with Gasteiger partial charge >= 0.3 is 0 Å². The number of nitrogen functional groups attached to an aromatic ring is 1. The van der Waals surface area contributed by atoms with Crippen LogP contribution in [0.4, 0.5) is 5.82 Å². The zero-order chi connectivity index (χ0) is 22.0. The van der Waals surface area contributed by atoms with Gasteiger partial charge in [-0.3, -0.25) is 5.32 Å². The van der Waals surface area contributed by atoms with Crippen LogP contribution in [0, 0.1) is 5.92 Å². The Labute approximate surface area is 185 Å². The molecule has 1 aliphatic carbocycles. The molecule has 0 radical (unpaired) electrons. The lowest BCUT2D eigenvalue weighted by molar-refractivity contribution is -0.506. The Morgan fingerprint density at radius 1 is 1.42 bits per heavy atom. The van der Waals surface area contributed by atoms with Crippen molar-refractivity contribution in [2.75, 3.05) is 5.73 Å². The van der Waals surface area contributed by atoms with Crippen molar-refractivity contribution >= 4 is 11.5 Å². The van der Waals surface area contributed by atoms with Gasteiger partial charge in [0.25, 0.3) is 0 Å². The third-order valence-corrected chi connectivity index (χ3v) is 6.51. The maximum Gasteiger partial charge on any atom is 0.201 e. The van der Waals surface area contributed by atoms with Gasteiger partial charge in [-0.2, -0.15) is 0 Å². The predicted octanol–water partition coefficient (Wildman–Crippen LogP) is 5.35. The highest BCUT2D eigenvalue weighted by molar-refractivity contribution is 5.71. The summed E-state index contributed by atoms with van der Waals surface area (Å²) in [4.78, 5) is 3.39. The van der Waals surface area contributed by atoms with Gasteiger partial charge in [-0.05, 0) is 50.2 Å². The summed E-state index contributed by atoms with van der Waals surface area (Å²) in [5, 5.41) is 2.16. The predicted molar refractivity (Wildman–Crippen MR) is 129 cm³/mol. The lowest BCUT2D eigenvalue weighted by Crippen LogP contribution is -2.77. The molecule has 5 N–H and O–H groups in total. The first-order chi connectivity index (χ1) is 14.9. The van der Waals surface area contributed by atoms with Gasteiger partial charge in [0.1, 0.15) is 17.2 Å². The van der Waals surface area contributed by atoms with E-state index in [4.69, 9.17) is 10.5 Å². The van der Waals surface area contributed by atoms with Crippen LogP contribution < -0.4 is 11.1 Å². The second-order valence-corrected chi connectivity index (χ2v) is 8.82. The number of aromatic amines is 1. The molecule has 1 aromatic heterocycles. The van der Waals surface area contributed by atoms with E-state index in [-0.39, 0.29) is 0 Å². The summed E-state index contributed by atoms with van der Waals surface area (Å²) in [7, 11) is 0. The van der Waals surface area contributed by atoms with E-state index in [1.807, 2.05) is 31.2 Å². The smallest absolute Gasteiger partial charge is 0.201 e. The van der Waals surface area contributed by atoms with E-state index in [1.165, 1.54) is 11.3 Å². The average molecular weight is 417 g/mol. The first-order valence-corrected chi connectivity index (χ1v) is 11.2. The van der Waals surface area contributed by atoms with Gasteiger partial charge in [0.15, 0.2) is 11.4 Å². The first-order valence-electron chi connectivity index (χ1n) is 11.2. The van der Waals surface area contributed by atoms with E-state index in [1.54, 1.807) is 0 Å². The van der Waals surface area contributed by atoms with Crippen molar-refractivity contribution in [3.8, 4) is 0 Å². The highest BCUT2D eigenvalue weighted by Gasteiger charge is 2.47. The van der Waals surface area contributed by atoms with Crippen LogP contribution in [0.5, 0.6) is 0 Å². The molecule has 3 heterocycles. The molecule has 4 rings (SSSR count). The third kappa shape index (κ3) is 4.00. The van der Waals surface area contributed by atoms with Gasteiger partial charge in [0.2, 0.25) is 5.70 Å². The summed E-state index contributed by atoms with van der Waals surface area (Å²) in [6.07, 6.45) is 21.0. The number of nitrogens with one attached hydrogen (secondary N) is 1. The maximum absolute atomic E-state index is 6.81. The number of hydrogen-bond acceptors (Lipinski definition) is 2. The monoisotopic (exact) mass is 416 g/mol. The second kappa shape index (κ2) is 8.64. The van der Waals surface area contributed by atoms with Crippen LogP contribution in [0.25, 0.3) is 5.70 Å². The number of ether oxygens (including phenoxy) is 1. The summed E-state index contributed by atoms with van der Waals surface area (Å²) in [6, 6.07) is 2.03. The van der Waals surface area contributed by atoms with Crippen LogP contribution in [0.1, 0.15) is 57.7 Å². The van der Waals surface area contributed by atoms with Crippen molar-refractivity contribution < 1.29 is 10.1 Å². The summed E-state index contributed by atoms with van der Waals surface area (Å²) in [5.74, 6) is 2.16. The van der Waals surface area contributed by atoms with Crippen molar-refractivity contribution in [2.45, 2.75) is 52.1 Å². The van der Waals surface area contributed by atoms with Crippen LogP contribution in [-0.2, 0) is 10.3 Å². The van der Waals surface area contributed by atoms with Crippen LogP contribution in [0.2, 0.25) is 0 Å². The van der Waals surface area contributed by atoms with E-state index in [2.05, 4.69) is 61.1 Å². The molecule has 0 saturated carbocycles. The minimum absolute atomic E-state index is 0.605. The zero-order valence-electron chi connectivity index (χ0n) is 18.9. The van der Waals surface area contributed by atoms with E-state index in [0.29, 0.717) is 11.7 Å². The second-order valence-electron chi connectivity index (χ2n) is 8.82. The molecule has 2 atom stereocenters. The Bertz CT molecular complexity index is 1060. The lowest BCUT2D eigenvalue weighted by atomic mass is 9.78. The Morgan fingerprint density at radius 3 is 3.03 bits per heavy atom. The molecule has 4 heteroatoms. The quantitative estimate of drug-likeness (QED) is 0.524. The summed E-state index contributed by atoms with van der Waals surface area (Å²) in [6.45, 7) is 10.9. The molecule has 0 bridgehead atoms. The van der Waals surface area contributed by atoms with Crippen molar-refractivity contribution in [2.24, 2.45) is 5.92 Å². The summed E-state index contributed by atoms with van der Waals surface area (Å²) in [5.41, 5.74) is 12.5. The van der Waals surface area contributed by atoms with Crippen LogP contribution in [0.15, 0.2) is 83.9 Å². The Balaban J connectivity index is 1.70. The number of rotatable bonds is 7. The number of anilines is 1. The number of allylic oxidation sites excluding steroid dienone is 9. The molecule has 162 valence electrons. The van der Waals surface area contributed by atoms with Gasteiger partial charge in [-0.1, -0.05) is 61.6 Å². The molecule has 2 aliphatic heterocycles. The topological polar surface area (TPSA) is 67.6 Å². The Kier molecular flexibility index (Phi) is 5.92. The number of hydrogen-bond donors (Lipinski definition) is 3. The fourth-order valence-electron chi connectivity index (χ4n) is 4.82. The van der Waals surface area contributed by atoms with Gasteiger partial charge in [-0.25, -0.2) is 0 Å². The van der Waals surface area contributed by atoms with Crippen LogP contribution >= 0.6 is 0 Å². The normalized spacial score (nSPS) is 24.9. The van der Waals surface area contributed by atoms with Gasteiger partial charge < -0.3 is 15.5 Å². The standard InChI is InChI=1S/C27H33N3O/c1-5-6-7-12-19(3)27(15-10-14-21-13-9-8-11-18(21)2)22-17-24(28)30-25(22)26-23(31-27)16-20(4)29-26/h5-9,12-13,16-18,29-30H,3,10-11,14-15,28H2,1-2,4H3/p+1. The number of nitrogens with two attached hydrogens (primary N) is 2. The molecule has 31 heavy (non-hydrogen) atoms. The molecule has 2 unspecified atom stereocenters. The molecule has 0 amide bonds. The van der Waals surface area contributed by atoms with Crippen molar-refractivity contribution in [3.63, 3.8) is 0 Å². The molecule has 0 aromatic carbocycles. The van der Waals surface area contributed by atoms with E-state index in [9.17, 15) is 0 Å². The molecule has 0 fully saturated rings. The fourth-order valence-corrected chi connectivity index (χ4v) is 4.82. The SMILES string of the molecule is C=C(C=CC=CC)C1(CCCC2=CC=CCC2C)OC2=C([NH2+]C(C)=C2)c2[nH]c(N)cc21. The zero-order valence-corrected chi connectivity index (χ0v) is 18.9. The van der Waals surface area contributed by atoms with E-state index in [0.717, 1.165) is 54.0 Å². The van der Waals surface area contributed by atoms with Crippen LogP contribution in [-0.4, -0.2) is 4.98 Å². The minimum atomic E-state index is -0.635. The molecular formula is C27H34N3O+. The largest absolute Gasteiger partial charge is 0.471 e. The maximum atomic E-state index is 6.81. The first kappa shape index (κ1) is 21.3. The van der Waals surface area contributed by atoms with Crippen LogP contribution in [0.3, 0.4) is 0 Å². The number of H-pyrrole nitrogens is 1. The highest BCUT2D eigenvalue weighted by Crippen LogP contribution is 2.48. The van der Waals surface area contributed by atoms with Crippen molar-refractivity contribution in [1.82, 2.24) is 4.98 Å². The molecular weight excluding hydrogens is 382 g/mol. The fraction of sp³-hybridized carbons (Fsp3) is 0.333. The Morgan fingerprint density at radius 2 is 2.26 bits per heavy atom. The highest BCUT2D eigenvalue weighted by atomic mass is 16.5. The van der Waals surface area contributed by atoms with Crippen molar-refractivity contribution in [1.29, 1.82) is 0 Å². The van der Waals surface area contributed by atoms with Crippen molar-refractivity contribution in [3.05, 3.63) is 95.1 Å². The summed E-state index contributed by atoms with van der Waals surface area (Å²) < 4.78 is 6.81. The van der Waals surface area contributed by atoms with Gasteiger partial charge in [0.05, 0.1) is 0 Å². The number of aromatic nitrogens is 1. The van der Waals surface area contributed by atoms with Gasteiger partial charge in [-0.15, -0.1) is 0 Å². The van der Waals surface area contributed by atoms with Gasteiger partial charge in [0, 0.05) is 18.6 Å². The molecule has 1 aromatic rings. The average Bonchev–Trinajstić information content (AvgIpc) is 3.31. The summed E-state index contributed by atoms with van der Waals surface area (Å²) >= 11 is 0. The lowest BCUT2D eigenvalue weighted by Gasteiger charge is -2.38. The van der Waals surface area contributed by atoms with E-state index < -0.39 is 5.60 Å². The third-order valence-electron chi connectivity index (χ3n) is 6.51. The number of quaternary nitrogens is 1. The Hall–Kier alpha value is -2.98. The van der Waals surface area contributed by atoms with E-state index >= 15 is 0 Å².